The predicted molar refractivity (Wildman–Crippen MR) is 264 cm³/mol. The molecule has 0 spiro atoms. The molecule has 9 rings (SSSR count). The van der Waals surface area contributed by atoms with Gasteiger partial charge in [-0.05, 0) is 103 Å². The second-order valence-electron chi connectivity index (χ2n) is 26.4. The summed E-state index contributed by atoms with van der Waals surface area (Å²) in [4.78, 5) is 14.8. The maximum absolute atomic E-state index is 14.8. The molecule has 15 N–H and O–H groups in total. The Bertz CT molecular complexity index is 2140. The third-order valence-corrected chi connectivity index (χ3v) is 21.5. The Morgan fingerprint density at radius 2 is 1.01 bits per heavy atom. The molecule has 8 fully saturated rings. The van der Waals surface area contributed by atoms with Crippen molar-refractivity contribution in [2.24, 2.45) is 50.2 Å². The van der Waals surface area contributed by atoms with Crippen molar-refractivity contribution in [3.63, 3.8) is 0 Å². The van der Waals surface area contributed by atoms with E-state index in [1.807, 2.05) is 0 Å². The molecule has 0 bridgehead atoms. The number of rotatable bonds is 12. The number of carbonyl (C=O) groups excluding carboxylic acids is 1. The fourth-order valence-electron chi connectivity index (χ4n) is 16.6. The van der Waals surface area contributed by atoms with Crippen LogP contribution in [0.2, 0.25) is 0 Å². The Morgan fingerprint density at radius 3 is 1.55 bits per heavy atom. The first kappa shape index (κ1) is 60.9. The van der Waals surface area contributed by atoms with Crippen LogP contribution in [0.15, 0.2) is 11.6 Å². The lowest BCUT2D eigenvalue weighted by molar-refractivity contribution is -0.399. The minimum absolute atomic E-state index is 0.0242. The highest BCUT2D eigenvalue weighted by molar-refractivity contribution is 5.80. The third-order valence-electron chi connectivity index (χ3n) is 21.5. The summed E-state index contributed by atoms with van der Waals surface area (Å²) in [6.45, 7) is 12.2. The first-order valence-electron chi connectivity index (χ1n) is 27.9. The summed E-state index contributed by atoms with van der Waals surface area (Å²) < 4.78 is 48.7. The van der Waals surface area contributed by atoms with E-state index in [0.29, 0.717) is 44.9 Å². The van der Waals surface area contributed by atoms with Gasteiger partial charge in [0.1, 0.15) is 103 Å². The number of hydrogen-bond donors (Lipinski definition) is 15. The summed E-state index contributed by atoms with van der Waals surface area (Å²) in [6, 6.07) is 0. The molecule has 0 amide bonds. The second-order valence-corrected chi connectivity index (χ2v) is 26.4. The highest BCUT2D eigenvalue weighted by Gasteiger charge is 2.72. The van der Waals surface area contributed by atoms with Gasteiger partial charge < -0.3 is 114 Å². The van der Waals surface area contributed by atoms with Crippen LogP contribution in [-0.2, 0) is 42.7 Å². The number of carbonyl (C=O) groups is 1. The molecule has 4 heterocycles. The van der Waals surface area contributed by atoms with Gasteiger partial charge in [0.2, 0.25) is 6.29 Å². The zero-order chi connectivity index (χ0) is 57.1. The van der Waals surface area contributed by atoms with E-state index in [4.69, 9.17) is 37.9 Å². The summed E-state index contributed by atoms with van der Waals surface area (Å²) in [6.07, 6.45) is -29.0. The number of allylic oxidation sites excluding steroid dienone is 2. The standard InChI is InChI=1S/C54H88O24/c1-49(2)14-15-54(48(70)78-46-41(69)38(66)34(62)26(20-57)73-46)23(16-49)22-8-9-29-51(5)12-11-31(50(3,4)28(51)10-13-52(29,6)53(22,7)17-30(54)59)75-47-43(77-45-40(68)37(65)33(61)25(19-56)72-45)42(35(63)27(21-58)74-47)76-44-39(67)36(64)32(60)24(18-55)71-44/h8,23-47,55-69H,9-21H2,1-7H3/t23?,24-,25-,26-,27-,28?,29?,30-,31?,32-,33-,34-,35-,36+,37+,38+,39-,40-,41-,42+,43-,44+,45+,46+,47+,51?,52?,53-,54?/m1/s1. The number of hydrogen-bond acceptors (Lipinski definition) is 24. The van der Waals surface area contributed by atoms with Crippen LogP contribution >= 0.6 is 0 Å². The lowest BCUT2D eigenvalue weighted by Crippen LogP contribution is -2.69. The summed E-state index contributed by atoms with van der Waals surface area (Å²) in [5, 5.41) is 162. The molecule has 24 nitrogen and oxygen atoms in total. The number of aliphatic hydroxyl groups is 15. The molecule has 4 aliphatic heterocycles. The molecule has 0 aromatic heterocycles. The minimum atomic E-state index is -1.95. The lowest BCUT2D eigenvalue weighted by Gasteiger charge is -2.72. The molecule has 29 atom stereocenters. The van der Waals surface area contributed by atoms with Crippen LogP contribution in [-0.4, -0.2) is 244 Å². The maximum atomic E-state index is 14.8. The maximum Gasteiger partial charge on any atom is 0.317 e. The van der Waals surface area contributed by atoms with Crippen molar-refractivity contribution >= 4 is 5.97 Å². The van der Waals surface area contributed by atoms with Gasteiger partial charge >= 0.3 is 5.97 Å². The monoisotopic (exact) mass is 1120 g/mol. The van der Waals surface area contributed by atoms with Crippen LogP contribution in [0.1, 0.15) is 106 Å². The Balaban J connectivity index is 1.01. The average Bonchev–Trinajstić information content (AvgIpc) is 3.39. The number of aliphatic hydroxyl groups excluding tert-OH is 15. The van der Waals surface area contributed by atoms with E-state index < -0.39 is 195 Å². The Morgan fingerprint density at radius 1 is 0.526 bits per heavy atom. The summed E-state index contributed by atoms with van der Waals surface area (Å²) in [7, 11) is 0. The minimum Gasteiger partial charge on any atom is -0.432 e. The fourth-order valence-corrected chi connectivity index (χ4v) is 16.6. The van der Waals surface area contributed by atoms with Gasteiger partial charge in [-0.2, -0.15) is 0 Å². The van der Waals surface area contributed by atoms with E-state index in [2.05, 4.69) is 54.5 Å². The molecule has 4 saturated heterocycles. The van der Waals surface area contributed by atoms with Gasteiger partial charge in [-0.1, -0.05) is 60.1 Å². The van der Waals surface area contributed by atoms with E-state index in [1.165, 1.54) is 0 Å². The van der Waals surface area contributed by atoms with Gasteiger partial charge in [0, 0.05) is 0 Å². The molecule has 78 heavy (non-hydrogen) atoms. The van der Waals surface area contributed by atoms with E-state index >= 15 is 0 Å². The zero-order valence-electron chi connectivity index (χ0n) is 45.6. The first-order valence-corrected chi connectivity index (χ1v) is 27.9. The van der Waals surface area contributed by atoms with Gasteiger partial charge in [-0.15, -0.1) is 0 Å². The number of fused-ring (bicyclic) bond motifs is 7. The van der Waals surface area contributed by atoms with Crippen molar-refractivity contribution in [3.8, 4) is 0 Å². The summed E-state index contributed by atoms with van der Waals surface area (Å²) in [5.41, 5.74) is -2.65. The summed E-state index contributed by atoms with van der Waals surface area (Å²) in [5.74, 6) is -1.22. The Kier molecular flexibility index (Phi) is 17.2. The smallest absolute Gasteiger partial charge is 0.317 e. The molecule has 448 valence electrons. The molecule has 5 aliphatic carbocycles. The zero-order valence-corrected chi connectivity index (χ0v) is 45.6. The van der Waals surface area contributed by atoms with Crippen molar-refractivity contribution in [1.29, 1.82) is 0 Å². The molecule has 4 saturated carbocycles. The van der Waals surface area contributed by atoms with Crippen molar-refractivity contribution < 1.29 is 119 Å². The number of ether oxygens (including phenoxy) is 8. The molecule has 9 aliphatic rings. The molecule has 7 unspecified atom stereocenters. The largest absolute Gasteiger partial charge is 0.432 e. The van der Waals surface area contributed by atoms with Crippen molar-refractivity contribution in [1.82, 2.24) is 0 Å². The molecular formula is C54H88O24. The van der Waals surface area contributed by atoms with Gasteiger partial charge in [0.05, 0.1) is 38.6 Å². The first-order chi connectivity index (χ1) is 36.5. The van der Waals surface area contributed by atoms with Crippen LogP contribution < -0.4 is 0 Å². The van der Waals surface area contributed by atoms with Gasteiger partial charge in [-0.3, -0.25) is 4.79 Å². The lowest BCUT2D eigenvalue weighted by atomic mass is 9.33. The van der Waals surface area contributed by atoms with Gasteiger partial charge in [0.15, 0.2) is 18.9 Å². The molecule has 0 radical (unpaired) electrons. The van der Waals surface area contributed by atoms with E-state index in [9.17, 15) is 81.4 Å². The fraction of sp³-hybridized carbons (Fsp3) is 0.944. The van der Waals surface area contributed by atoms with Crippen LogP contribution in [0, 0.1) is 50.2 Å². The average molecular weight is 1120 g/mol. The Hall–Kier alpha value is -1.67. The van der Waals surface area contributed by atoms with E-state index in [0.717, 1.165) is 5.57 Å². The third kappa shape index (κ3) is 9.67. The van der Waals surface area contributed by atoms with Crippen LogP contribution in [0.5, 0.6) is 0 Å². The van der Waals surface area contributed by atoms with E-state index in [1.54, 1.807) is 0 Å². The van der Waals surface area contributed by atoms with Gasteiger partial charge in [-0.25, -0.2) is 0 Å². The van der Waals surface area contributed by atoms with Gasteiger partial charge in [0.25, 0.3) is 0 Å². The van der Waals surface area contributed by atoms with Crippen LogP contribution in [0.3, 0.4) is 0 Å². The highest BCUT2D eigenvalue weighted by Crippen LogP contribution is 2.76. The van der Waals surface area contributed by atoms with E-state index in [-0.39, 0.29) is 35.5 Å². The molecule has 0 aromatic rings. The molecule has 24 heteroatoms. The van der Waals surface area contributed by atoms with Crippen LogP contribution in [0.25, 0.3) is 0 Å². The van der Waals surface area contributed by atoms with Crippen molar-refractivity contribution in [2.45, 2.75) is 241 Å². The summed E-state index contributed by atoms with van der Waals surface area (Å²) >= 11 is 0. The molecule has 0 aromatic carbocycles. The predicted octanol–water partition coefficient (Wildman–Crippen LogP) is -3.06. The normalized spacial score (nSPS) is 53.9. The quantitative estimate of drug-likeness (QED) is 0.0524. The van der Waals surface area contributed by atoms with Crippen molar-refractivity contribution in [2.75, 3.05) is 26.4 Å². The second kappa shape index (κ2) is 22.1. The number of esters is 1. The topological polar surface area (TPSA) is 394 Å². The molecular weight excluding hydrogens is 1030 g/mol. The SMILES string of the molecule is CC1(C)CCC2(C(=O)O[C@@H]3O[C@H](CO)[C@@H](O)[C@H](O)[C@H]3O)C(C1)C1=CCC3C4(C)CCC(O[C@@H]5O[C@H](CO)[C@@H](O)[C@H](O[C@@H]6O[C@H](CO)[C@@H](O)[C@H](O)[C@H]6O)[C@H]5O[C@@H]5O[C@H](CO)[C@@H](O)[C@H](O)[C@H]5O)C(C)(C)C4CCC3(C)[C@]1(C)C[C@H]2O. The highest BCUT2D eigenvalue weighted by atomic mass is 16.8. The van der Waals surface area contributed by atoms with Crippen molar-refractivity contribution in [3.05, 3.63) is 11.6 Å². The van der Waals surface area contributed by atoms with Crippen LogP contribution in [0.4, 0.5) is 0 Å². The Labute approximate surface area is 453 Å².